The van der Waals surface area contributed by atoms with Crippen molar-refractivity contribution in [3.63, 3.8) is 0 Å². The van der Waals surface area contributed by atoms with Gasteiger partial charge >= 0.3 is 0 Å². The molecule has 0 radical (unpaired) electrons. The third-order valence-electron chi connectivity index (χ3n) is 4.60. The summed E-state index contributed by atoms with van der Waals surface area (Å²) in [6, 6.07) is -0.419. The highest BCUT2D eigenvalue weighted by Gasteiger charge is 2.22. The van der Waals surface area contributed by atoms with E-state index in [2.05, 4.69) is 72.9 Å². The van der Waals surface area contributed by atoms with Crippen molar-refractivity contribution >= 4 is 11.8 Å². The molecule has 0 aliphatic carbocycles. The van der Waals surface area contributed by atoms with Gasteiger partial charge in [0.2, 0.25) is 11.8 Å². The van der Waals surface area contributed by atoms with Gasteiger partial charge in [0.15, 0.2) is 0 Å². The van der Waals surface area contributed by atoms with Crippen molar-refractivity contribution in [2.24, 2.45) is 16.2 Å². The van der Waals surface area contributed by atoms with Crippen LogP contribution in [-0.4, -0.2) is 24.4 Å². The average Bonchev–Trinajstić information content (AvgIpc) is 2.45. The Hall–Kier alpha value is -1.06. The summed E-state index contributed by atoms with van der Waals surface area (Å²) >= 11 is 0. The van der Waals surface area contributed by atoms with Gasteiger partial charge in [0.25, 0.3) is 0 Å². The molecule has 0 spiro atoms. The normalized spacial score (nSPS) is 14.0. The van der Waals surface area contributed by atoms with E-state index >= 15 is 0 Å². The second-order valence-corrected chi connectivity index (χ2v) is 11.6. The van der Waals surface area contributed by atoms with E-state index in [9.17, 15) is 9.59 Å². The minimum atomic E-state index is -0.419. The Bertz CT molecular complexity index is 450. The Morgan fingerprint density at radius 1 is 0.741 bits per heavy atom. The number of amides is 2. The molecule has 2 amide bonds. The number of hydrogen-bond donors (Lipinski definition) is 2. The second kappa shape index (κ2) is 11.1. The lowest BCUT2D eigenvalue weighted by molar-refractivity contribution is -0.129. The fraction of sp³-hybridized carbons (Fsp3) is 0.913. The van der Waals surface area contributed by atoms with Gasteiger partial charge in [-0.1, -0.05) is 75.2 Å². The molecule has 0 saturated carbocycles. The van der Waals surface area contributed by atoms with Crippen LogP contribution in [-0.2, 0) is 9.59 Å². The molecule has 0 heterocycles. The highest BCUT2D eigenvalue weighted by atomic mass is 16.2. The molecule has 0 bridgehead atoms. The molecule has 0 unspecified atom stereocenters. The molecule has 0 aliphatic heterocycles. The number of carbonyl (C=O) groups is 2. The molecule has 4 heteroatoms. The standard InChI is InChI=1S/C23H46N2O2/c1-21(2,3)14-11-10-12-18(20(27)24-17-16-23(7,8)9)25-19(26)13-15-22(4,5)6/h18H,10-17H2,1-9H3,(H,24,27)(H,25,26)/t18-/m0/s1. The third-order valence-corrected chi connectivity index (χ3v) is 4.60. The maximum atomic E-state index is 12.6. The van der Waals surface area contributed by atoms with E-state index in [4.69, 9.17) is 0 Å². The lowest BCUT2D eigenvalue weighted by atomic mass is 9.89. The van der Waals surface area contributed by atoms with Crippen molar-refractivity contribution in [2.75, 3.05) is 6.54 Å². The Kier molecular flexibility index (Phi) is 10.6. The second-order valence-electron chi connectivity index (χ2n) is 11.6. The number of nitrogens with one attached hydrogen (secondary N) is 2. The van der Waals surface area contributed by atoms with Crippen molar-refractivity contribution in [3.05, 3.63) is 0 Å². The minimum absolute atomic E-state index is 0.0169. The van der Waals surface area contributed by atoms with Gasteiger partial charge in [0, 0.05) is 13.0 Å². The van der Waals surface area contributed by atoms with Crippen LogP contribution < -0.4 is 10.6 Å². The third kappa shape index (κ3) is 16.8. The molecule has 0 aromatic carbocycles. The van der Waals surface area contributed by atoms with Crippen molar-refractivity contribution < 1.29 is 9.59 Å². The molecule has 1 atom stereocenters. The summed E-state index contributed by atoms with van der Waals surface area (Å²) in [5.41, 5.74) is 0.611. The maximum Gasteiger partial charge on any atom is 0.242 e. The molecular formula is C23H46N2O2. The van der Waals surface area contributed by atoms with Gasteiger partial charge in [-0.05, 0) is 41.9 Å². The molecule has 2 N–H and O–H groups in total. The number of carbonyl (C=O) groups excluding carboxylic acids is 2. The Balaban J connectivity index is 4.63. The lowest BCUT2D eigenvalue weighted by Crippen LogP contribution is -2.47. The van der Waals surface area contributed by atoms with Crippen LogP contribution in [0.5, 0.6) is 0 Å². The van der Waals surface area contributed by atoms with E-state index in [1.54, 1.807) is 0 Å². The number of unbranched alkanes of at least 4 members (excludes halogenated alkanes) is 1. The van der Waals surface area contributed by atoms with E-state index < -0.39 is 6.04 Å². The molecule has 27 heavy (non-hydrogen) atoms. The molecule has 160 valence electrons. The van der Waals surface area contributed by atoms with Crippen LogP contribution in [0.15, 0.2) is 0 Å². The summed E-state index contributed by atoms with van der Waals surface area (Å²) in [6.45, 7) is 20.2. The van der Waals surface area contributed by atoms with Gasteiger partial charge in [0.05, 0.1) is 0 Å². The molecule has 0 aliphatic rings. The Morgan fingerprint density at radius 3 is 1.74 bits per heavy atom. The largest absolute Gasteiger partial charge is 0.354 e. The fourth-order valence-electron chi connectivity index (χ4n) is 2.71. The van der Waals surface area contributed by atoms with Crippen LogP contribution >= 0.6 is 0 Å². The minimum Gasteiger partial charge on any atom is -0.354 e. The van der Waals surface area contributed by atoms with Gasteiger partial charge in [-0.15, -0.1) is 0 Å². The highest BCUT2D eigenvalue weighted by Crippen LogP contribution is 2.23. The van der Waals surface area contributed by atoms with Gasteiger partial charge < -0.3 is 10.6 Å². The van der Waals surface area contributed by atoms with Gasteiger partial charge in [-0.2, -0.15) is 0 Å². The predicted molar refractivity (Wildman–Crippen MR) is 116 cm³/mol. The summed E-state index contributed by atoms with van der Waals surface area (Å²) in [4.78, 5) is 25.0. The maximum absolute atomic E-state index is 12.6. The van der Waals surface area contributed by atoms with Crippen LogP contribution in [0.2, 0.25) is 0 Å². The predicted octanol–water partition coefficient (Wildman–Crippen LogP) is 5.46. The summed E-state index contributed by atoms with van der Waals surface area (Å²) in [6.07, 6.45) is 6.08. The zero-order valence-electron chi connectivity index (χ0n) is 19.6. The van der Waals surface area contributed by atoms with E-state index in [-0.39, 0.29) is 22.6 Å². The Morgan fingerprint density at radius 2 is 1.26 bits per heavy atom. The van der Waals surface area contributed by atoms with Crippen LogP contribution in [0.4, 0.5) is 0 Å². The van der Waals surface area contributed by atoms with Crippen molar-refractivity contribution in [1.82, 2.24) is 10.6 Å². The van der Waals surface area contributed by atoms with Crippen LogP contribution in [0, 0.1) is 16.2 Å². The highest BCUT2D eigenvalue weighted by molar-refractivity contribution is 5.87. The zero-order chi connectivity index (χ0) is 21.3. The van der Waals surface area contributed by atoms with Crippen LogP contribution in [0.25, 0.3) is 0 Å². The van der Waals surface area contributed by atoms with E-state index in [0.717, 1.165) is 32.1 Å². The molecule has 0 saturated heterocycles. The van der Waals surface area contributed by atoms with Crippen LogP contribution in [0.3, 0.4) is 0 Å². The molecule has 4 nitrogen and oxygen atoms in total. The summed E-state index contributed by atoms with van der Waals surface area (Å²) < 4.78 is 0. The average molecular weight is 383 g/mol. The van der Waals surface area contributed by atoms with Gasteiger partial charge in [-0.25, -0.2) is 0 Å². The topological polar surface area (TPSA) is 58.2 Å². The zero-order valence-corrected chi connectivity index (χ0v) is 19.6. The molecule has 0 rings (SSSR count). The summed E-state index contributed by atoms with van der Waals surface area (Å²) in [5.74, 6) is -0.0594. The van der Waals surface area contributed by atoms with Crippen molar-refractivity contribution in [3.8, 4) is 0 Å². The van der Waals surface area contributed by atoms with E-state index in [0.29, 0.717) is 24.8 Å². The van der Waals surface area contributed by atoms with E-state index in [1.165, 1.54) is 0 Å². The number of hydrogen-bond acceptors (Lipinski definition) is 2. The molecular weight excluding hydrogens is 336 g/mol. The van der Waals surface area contributed by atoms with Crippen molar-refractivity contribution in [2.45, 2.75) is 113 Å². The molecule has 0 aromatic heterocycles. The molecule has 0 aromatic rings. The SMILES string of the molecule is CC(C)(C)CCCC[C@H](NC(=O)CCC(C)(C)C)C(=O)NCCC(C)(C)C. The van der Waals surface area contributed by atoms with Gasteiger partial charge in [-0.3, -0.25) is 9.59 Å². The van der Waals surface area contributed by atoms with Gasteiger partial charge in [0.1, 0.15) is 6.04 Å². The van der Waals surface area contributed by atoms with Crippen molar-refractivity contribution in [1.29, 1.82) is 0 Å². The first-order valence-corrected chi connectivity index (χ1v) is 10.7. The fourth-order valence-corrected chi connectivity index (χ4v) is 2.71. The smallest absolute Gasteiger partial charge is 0.242 e. The first-order chi connectivity index (χ1) is 12.1. The quantitative estimate of drug-likeness (QED) is 0.493. The van der Waals surface area contributed by atoms with Crippen LogP contribution in [0.1, 0.15) is 107 Å². The molecule has 0 fully saturated rings. The Labute approximate surface area is 168 Å². The number of rotatable bonds is 10. The summed E-state index contributed by atoms with van der Waals surface area (Å²) in [5, 5.41) is 6.00. The lowest BCUT2D eigenvalue weighted by Gasteiger charge is -2.23. The monoisotopic (exact) mass is 382 g/mol. The first kappa shape index (κ1) is 25.9. The first-order valence-electron chi connectivity index (χ1n) is 10.7. The van der Waals surface area contributed by atoms with E-state index in [1.807, 2.05) is 0 Å². The summed E-state index contributed by atoms with van der Waals surface area (Å²) in [7, 11) is 0.